The van der Waals surface area contributed by atoms with Crippen molar-refractivity contribution in [3.63, 3.8) is 0 Å². The highest BCUT2D eigenvalue weighted by Crippen LogP contribution is 2.24. The van der Waals surface area contributed by atoms with Crippen LogP contribution in [0, 0.1) is 13.8 Å². The lowest BCUT2D eigenvalue weighted by Gasteiger charge is -2.32. The van der Waals surface area contributed by atoms with E-state index in [-0.39, 0.29) is 6.04 Å². The number of ether oxygens (including phenoxy) is 2. The standard InChI is InChI=1S/C17H30N2O2/c1-14-6-7-15(2)16(12-14)17(13-18)19(9-11-21-4)8-5-10-20-3/h6-7,12,17H,5,8-11,13,18H2,1-4H3. The number of hydrogen-bond acceptors (Lipinski definition) is 4. The summed E-state index contributed by atoms with van der Waals surface area (Å²) in [5.74, 6) is 0. The second kappa shape index (κ2) is 9.90. The van der Waals surface area contributed by atoms with Crippen LogP contribution in [-0.4, -0.2) is 52.0 Å². The van der Waals surface area contributed by atoms with Gasteiger partial charge in [-0.15, -0.1) is 0 Å². The summed E-state index contributed by atoms with van der Waals surface area (Å²) in [6.07, 6.45) is 1.00. The maximum absolute atomic E-state index is 6.09. The summed E-state index contributed by atoms with van der Waals surface area (Å²) in [5, 5.41) is 0. The normalized spacial score (nSPS) is 12.9. The number of nitrogens with zero attached hydrogens (tertiary/aromatic N) is 1. The van der Waals surface area contributed by atoms with Crippen molar-refractivity contribution in [1.29, 1.82) is 0 Å². The molecule has 0 amide bonds. The smallest absolute Gasteiger partial charge is 0.0589 e. The first-order valence-electron chi connectivity index (χ1n) is 7.63. The number of aryl methyl sites for hydroxylation is 2. The van der Waals surface area contributed by atoms with Crippen LogP contribution in [0.25, 0.3) is 0 Å². The summed E-state index contributed by atoms with van der Waals surface area (Å²) < 4.78 is 10.4. The minimum atomic E-state index is 0.233. The lowest BCUT2D eigenvalue weighted by atomic mass is 9.97. The summed E-state index contributed by atoms with van der Waals surface area (Å²) in [7, 11) is 3.48. The van der Waals surface area contributed by atoms with Crippen LogP contribution >= 0.6 is 0 Å². The van der Waals surface area contributed by atoms with Gasteiger partial charge in [0.05, 0.1) is 6.61 Å². The minimum absolute atomic E-state index is 0.233. The van der Waals surface area contributed by atoms with E-state index in [0.29, 0.717) is 13.2 Å². The fourth-order valence-electron chi connectivity index (χ4n) is 2.64. The van der Waals surface area contributed by atoms with Crippen molar-refractivity contribution in [2.75, 3.05) is 47.1 Å². The van der Waals surface area contributed by atoms with E-state index in [1.807, 2.05) is 0 Å². The molecular formula is C17H30N2O2. The van der Waals surface area contributed by atoms with E-state index < -0.39 is 0 Å². The summed E-state index contributed by atoms with van der Waals surface area (Å²) in [5.41, 5.74) is 9.98. The monoisotopic (exact) mass is 294 g/mol. The van der Waals surface area contributed by atoms with Crippen LogP contribution in [0.5, 0.6) is 0 Å². The molecule has 1 unspecified atom stereocenters. The molecule has 0 saturated heterocycles. The lowest BCUT2D eigenvalue weighted by Crippen LogP contribution is -2.37. The predicted octanol–water partition coefficient (Wildman–Crippen LogP) is 2.29. The highest BCUT2D eigenvalue weighted by molar-refractivity contribution is 5.33. The van der Waals surface area contributed by atoms with E-state index in [1.165, 1.54) is 16.7 Å². The van der Waals surface area contributed by atoms with Crippen molar-refractivity contribution in [2.45, 2.75) is 26.3 Å². The number of hydrogen-bond donors (Lipinski definition) is 1. The SMILES string of the molecule is COCCCN(CCOC)C(CN)c1cc(C)ccc1C. The van der Waals surface area contributed by atoms with E-state index in [4.69, 9.17) is 15.2 Å². The summed E-state index contributed by atoms with van der Waals surface area (Å²) >= 11 is 0. The third-order valence-corrected chi connectivity index (χ3v) is 3.83. The Hall–Kier alpha value is -0.940. The van der Waals surface area contributed by atoms with Gasteiger partial charge in [-0.2, -0.15) is 0 Å². The van der Waals surface area contributed by atoms with Crippen molar-refractivity contribution >= 4 is 0 Å². The zero-order valence-electron chi connectivity index (χ0n) is 13.9. The van der Waals surface area contributed by atoms with Gasteiger partial charge in [0.25, 0.3) is 0 Å². The second-order valence-electron chi connectivity index (χ2n) is 5.49. The van der Waals surface area contributed by atoms with E-state index in [0.717, 1.165) is 26.1 Å². The Morgan fingerprint density at radius 2 is 1.81 bits per heavy atom. The molecule has 4 nitrogen and oxygen atoms in total. The third-order valence-electron chi connectivity index (χ3n) is 3.83. The average Bonchev–Trinajstić information content (AvgIpc) is 2.48. The molecular weight excluding hydrogens is 264 g/mol. The molecule has 4 heteroatoms. The van der Waals surface area contributed by atoms with Gasteiger partial charge in [0.2, 0.25) is 0 Å². The molecule has 0 aliphatic rings. The first-order valence-corrected chi connectivity index (χ1v) is 7.63. The van der Waals surface area contributed by atoms with Gasteiger partial charge in [-0.05, 0) is 31.4 Å². The number of nitrogens with two attached hydrogens (primary N) is 1. The molecule has 0 aromatic heterocycles. The second-order valence-corrected chi connectivity index (χ2v) is 5.49. The predicted molar refractivity (Wildman–Crippen MR) is 87.7 cm³/mol. The Morgan fingerprint density at radius 3 is 2.43 bits per heavy atom. The molecule has 0 aliphatic heterocycles. The van der Waals surface area contributed by atoms with Crippen LogP contribution in [0.4, 0.5) is 0 Å². The van der Waals surface area contributed by atoms with E-state index in [2.05, 4.69) is 36.9 Å². The Labute approximate surface area is 129 Å². The third kappa shape index (κ3) is 5.75. The van der Waals surface area contributed by atoms with Crippen molar-refractivity contribution in [1.82, 2.24) is 4.90 Å². The first-order chi connectivity index (χ1) is 10.1. The van der Waals surface area contributed by atoms with Gasteiger partial charge in [-0.3, -0.25) is 4.90 Å². The molecule has 1 aromatic rings. The van der Waals surface area contributed by atoms with Crippen molar-refractivity contribution < 1.29 is 9.47 Å². The molecule has 0 bridgehead atoms. The fraction of sp³-hybridized carbons (Fsp3) is 0.647. The molecule has 0 spiro atoms. The van der Waals surface area contributed by atoms with Gasteiger partial charge < -0.3 is 15.2 Å². The van der Waals surface area contributed by atoms with Crippen LogP contribution in [0.15, 0.2) is 18.2 Å². The lowest BCUT2D eigenvalue weighted by molar-refractivity contribution is 0.108. The van der Waals surface area contributed by atoms with Crippen molar-refractivity contribution in [3.05, 3.63) is 34.9 Å². The minimum Gasteiger partial charge on any atom is -0.385 e. The van der Waals surface area contributed by atoms with Crippen molar-refractivity contribution in [2.24, 2.45) is 5.73 Å². The molecule has 1 rings (SSSR count). The molecule has 0 saturated carbocycles. The number of benzene rings is 1. The Morgan fingerprint density at radius 1 is 1.10 bits per heavy atom. The molecule has 120 valence electrons. The Kier molecular flexibility index (Phi) is 8.54. The van der Waals surface area contributed by atoms with Gasteiger partial charge in [-0.25, -0.2) is 0 Å². The van der Waals surface area contributed by atoms with E-state index >= 15 is 0 Å². The molecule has 0 fully saturated rings. The fourth-order valence-corrected chi connectivity index (χ4v) is 2.64. The van der Waals surface area contributed by atoms with Crippen LogP contribution in [0.2, 0.25) is 0 Å². The summed E-state index contributed by atoms with van der Waals surface area (Å²) in [4.78, 5) is 2.41. The molecule has 2 N–H and O–H groups in total. The van der Waals surface area contributed by atoms with E-state index in [1.54, 1.807) is 14.2 Å². The number of methoxy groups -OCH3 is 2. The van der Waals surface area contributed by atoms with E-state index in [9.17, 15) is 0 Å². The van der Waals surface area contributed by atoms with Gasteiger partial charge >= 0.3 is 0 Å². The van der Waals surface area contributed by atoms with Gasteiger partial charge in [0.1, 0.15) is 0 Å². The topological polar surface area (TPSA) is 47.7 Å². The zero-order valence-corrected chi connectivity index (χ0v) is 13.9. The molecule has 0 aliphatic carbocycles. The maximum Gasteiger partial charge on any atom is 0.0589 e. The van der Waals surface area contributed by atoms with Crippen LogP contribution in [0.1, 0.15) is 29.2 Å². The van der Waals surface area contributed by atoms with Crippen LogP contribution in [0.3, 0.4) is 0 Å². The largest absolute Gasteiger partial charge is 0.385 e. The summed E-state index contributed by atoms with van der Waals surface area (Å²) in [6, 6.07) is 6.81. The molecule has 1 aromatic carbocycles. The highest BCUT2D eigenvalue weighted by Gasteiger charge is 2.20. The Balaban J connectivity index is 2.90. The van der Waals surface area contributed by atoms with Gasteiger partial charge in [0.15, 0.2) is 0 Å². The van der Waals surface area contributed by atoms with Gasteiger partial charge in [0, 0.05) is 46.5 Å². The maximum atomic E-state index is 6.09. The highest BCUT2D eigenvalue weighted by atomic mass is 16.5. The average molecular weight is 294 g/mol. The summed E-state index contributed by atoms with van der Waals surface area (Å²) in [6.45, 7) is 8.23. The quantitative estimate of drug-likeness (QED) is 0.673. The number of rotatable bonds is 10. The molecule has 0 radical (unpaired) electrons. The van der Waals surface area contributed by atoms with Crippen LogP contribution in [-0.2, 0) is 9.47 Å². The molecule has 21 heavy (non-hydrogen) atoms. The van der Waals surface area contributed by atoms with Gasteiger partial charge in [-0.1, -0.05) is 23.8 Å². The molecule has 1 atom stereocenters. The van der Waals surface area contributed by atoms with Crippen LogP contribution < -0.4 is 5.73 Å². The zero-order chi connectivity index (χ0) is 15.7. The first kappa shape index (κ1) is 18.1. The molecule has 0 heterocycles. The Bertz CT molecular complexity index is 410. The van der Waals surface area contributed by atoms with Crippen molar-refractivity contribution in [3.8, 4) is 0 Å².